The second kappa shape index (κ2) is 5.66. The Hall–Kier alpha value is -2.19. The number of rotatable bonds is 4. The van der Waals surface area contributed by atoms with Crippen LogP contribution in [0.5, 0.6) is 5.75 Å². The summed E-state index contributed by atoms with van der Waals surface area (Å²) < 4.78 is 22.8. The summed E-state index contributed by atoms with van der Waals surface area (Å²) in [5.74, 6) is 0.593. The Balaban J connectivity index is 1.97. The smallest absolute Gasteiger partial charge is 0.414 e. The minimum Gasteiger partial charge on any atom is -0.414 e. The van der Waals surface area contributed by atoms with Gasteiger partial charge in [-0.25, -0.2) is 4.57 Å². The maximum Gasteiger partial charge on any atom is 0.449 e. The standard InChI is InChI=1S/C16H17N2O2P/c1-2-17-13-14-18(15-9-5-3-6-10-15)21(17,19)20-16-11-7-4-8-12-16/h2-12H,1,13-14H2. The van der Waals surface area contributed by atoms with Gasteiger partial charge in [0, 0.05) is 25.0 Å². The average Bonchev–Trinajstić information content (AvgIpc) is 2.85. The molecule has 0 bridgehead atoms. The van der Waals surface area contributed by atoms with Gasteiger partial charge in [-0.15, -0.1) is 0 Å². The third-order valence-corrected chi connectivity index (χ3v) is 5.91. The van der Waals surface area contributed by atoms with Crippen molar-refractivity contribution in [2.24, 2.45) is 0 Å². The second-order valence-corrected chi connectivity index (χ2v) is 6.86. The summed E-state index contributed by atoms with van der Waals surface area (Å²) in [5.41, 5.74) is 0.890. The summed E-state index contributed by atoms with van der Waals surface area (Å²) in [6, 6.07) is 18.9. The highest BCUT2D eigenvalue weighted by atomic mass is 31.2. The molecule has 2 aromatic carbocycles. The lowest BCUT2D eigenvalue weighted by Gasteiger charge is -2.29. The van der Waals surface area contributed by atoms with E-state index in [1.165, 1.54) is 0 Å². The lowest BCUT2D eigenvalue weighted by atomic mass is 10.3. The van der Waals surface area contributed by atoms with E-state index in [0.717, 1.165) is 5.69 Å². The number of benzene rings is 2. The second-order valence-electron chi connectivity index (χ2n) is 4.70. The zero-order chi connectivity index (χ0) is 14.7. The molecular formula is C16H17N2O2P. The van der Waals surface area contributed by atoms with Crippen molar-refractivity contribution in [3.05, 3.63) is 73.4 Å². The molecule has 1 aliphatic rings. The Morgan fingerprint density at radius 1 is 1.00 bits per heavy atom. The van der Waals surface area contributed by atoms with E-state index in [9.17, 15) is 4.57 Å². The summed E-state index contributed by atoms with van der Waals surface area (Å²) in [4.78, 5) is 0. The summed E-state index contributed by atoms with van der Waals surface area (Å²) >= 11 is 0. The van der Waals surface area contributed by atoms with Crippen LogP contribution in [0, 0.1) is 0 Å². The lowest BCUT2D eigenvalue weighted by Crippen LogP contribution is -2.20. The molecule has 4 nitrogen and oxygen atoms in total. The summed E-state index contributed by atoms with van der Waals surface area (Å²) in [5, 5.41) is 0. The Morgan fingerprint density at radius 3 is 2.24 bits per heavy atom. The van der Waals surface area contributed by atoms with Crippen LogP contribution in [0.3, 0.4) is 0 Å². The van der Waals surface area contributed by atoms with Crippen LogP contribution in [0.2, 0.25) is 0 Å². The van der Waals surface area contributed by atoms with Gasteiger partial charge in [0.2, 0.25) is 0 Å². The van der Waals surface area contributed by atoms with Crippen molar-refractivity contribution in [2.75, 3.05) is 17.8 Å². The predicted octanol–water partition coefficient (Wildman–Crippen LogP) is 4.14. The molecule has 0 spiro atoms. The van der Waals surface area contributed by atoms with Crippen LogP contribution in [0.4, 0.5) is 5.69 Å². The van der Waals surface area contributed by atoms with Crippen molar-refractivity contribution in [3.63, 3.8) is 0 Å². The lowest BCUT2D eigenvalue weighted by molar-refractivity contribution is 0.432. The highest BCUT2D eigenvalue weighted by molar-refractivity contribution is 7.59. The van der Waals surface area contributed by atoms with Crippen molar-refractivity contribution in [1.29, 1.82) is 0 Å². The Labute approximate surface area is 124 Å². The maximum atomic E-state index is 13.4. The number of hydrogen-bond donors (Lipinski definition) is 0. The summed E-state index contributed by atoms with van der Waals surface area (Å²) in [6.45, 7) is 5.02. The van der Waals surface area contributed by atoms with Crippen LogP contribution < -0.4 is 9.19 Å². The first-order valence-corrected chi connectivity index (χ1v) is 8.34. The average molecular weight is 300 g/mol. The molecule has 1 saturated heterocycles. The zero-order valence-corrected chi connectivity index (χ0v) is 12.5. The van der Waals surface area contributed by atoms with E-state index in [1.54, 1.807) is 10.9 Å². The van der Waals surface area contributed by atoms with Crippen LogP contribution in [0.25, 0.3) is 0 Å². The fraction of sp³-hybridized carbons (Fsp3) is 0.125. The van der Waals surface area contributed by atoms with E-state index in [1.807, 2.05) is 65.3 Å². The number of anilines is 1. The highest BCUT2D eigenvalue weighted by Crippen LogP contribution is 2.59. The van der Waals surface area contributed by atoms with Gasteiger partial charge in [-0.3, -0.25) is 9.34 Å². The molecule has 108 valence electrons. The molecule has 1 heterocycles. The topological polar surface area (TPSA) is 32.8 Å². The molecule has 0 radical (unpaired) electrons. The third kappa shape index (κ3) is 2.55. The van der Waals surface area contributed by atoms with Gasteiger partial charge in [0.25, 0.3) is 0 Å². The van der Waals surface area contributed by atoms with Gasteiger partial charge in [-0.1, -0.05) is 43.0 Å². The fourth-order valence-electron chi connectivity index (χ4n) is 2.38. The van der Waals surface area contributed by atoms with Crippen LogP contribution in [0.15, 0.2) is 73.4 Å². The maximum absolute atomic E-state index is 13.4. The molecule has 5 heteroatoms. The van der Waals surface area contributed by atoms with Gasteiger partial charge in [-0.2, -0.15) is 0 Å². The van der Waals surface area contributed by atoms with Gasteiger partial charge >= 0.3 is 7.67 Å². The van der Waals surface area contributed by atoms with Crippen LogP contribution in [0.1, 0.15) is 0 Å². The molecule has 1 unspecified atom stereocenters. The van der Waals surface area contributed by atoms with Crippen LogP contribution >= 0.6 is 7.67 Å². The Kier molecular flexibility index (Phi) is 3.72. The van der Waals surface area contributed by atoms with E-state index >= 15 is 0 Å². The molecule has 2 aromatic rings. The molecular weight excluding hydrogens is 283 g/mol. The first-order valence-electron chi connectivity index (χ1n) is 6.81. The molecule has 0 aliphatic carbocycles. The fourth-order valence-corrected chi connectivity index (χ4v) is 4.57. The molecule has 0 saturated carbocycles. The van der Waals surface area contributed by atoms with Crippen molar-refractivity contribution >= 4 is 13.4 Å². The third-order valence-electron chi connectivity index (χ3n) is 3.40. The number of para-hydroxylation sites is 2. The molecule has 0 N–H and O–H groups in total. The van der Waals surface area contributed by atoms with Crippen molar-refractivity contribution < 1.29 is 9.09 Å². The van der Waals surface area contributed by atoms with Crippen LogP contribution in [-0.4, -0.2) is 17.8 Å². The molecule has 1 aliphatic heterocycles. The molecule has 1 fully saturated rings. The number of nitrogens with zero attached hydrogens (tertiary/aromatic N) is 2. The quantitative estimate of drug-likeness (QED) is 0.795. The first-order chi connectivity index (χ1) is 10.2. The molecule has 0 aromatic heterocycles. The SMILES string of the molecule is C=CN1CCN(c2ccccc2)P1(=O)Oc1ccccc1. The predicted molar refractivity (Wildman–Crippen MR) is 85.4 cm³/mol. The van der Waals surface area contributed by atoms with E-state index in [0.29, 0.717) is 18.8 Å². The van der Waals surface area contributed by atoms with E-state index in [-0.39, 0.29) is 0 Å². The first kappa shape index (κ1) is 13.8. The van der Waals surface area contributed by atoms with E-state index in [4.69, 9.17) is 4.52 Å². The van der Waals surface area contributed by atoms with Gasteiger partial charge in [0.1, 0.15) is 5.75 Å². The molecule has 21 heavy (non-hydrogen) atoms. The number of hydrogen-bond acceptors (Lipinski definition) is 2. The Bertz CT molecular complexity index is 660. The minimum absolute atomic E-state index is 0.593. The Morgan fingerprint density at radius 2 is 1.62 bits per heavy atom. The van der Waals surface area contributed by atoms with Gasteiger partial charge in [-0.05, 0) is 24.3 Å². The van der Waals surface area contributed by atoms with Crippen molar-refractivity contribution in [2.45, 2.75) is 0 Å². The zero-order valence-electron chi connectivity index (χ0n) is 11.6. The van der Waals surface area contributed by atoms with Crippen molar-refractivity contribution in [1.82, 2.24) is 4.67 Å². The van der Waals surface area contributed by atoms with Gasteiger partial charge in [0.05, 0.1) is 0 Å². The highest BCUT2D eigenvalue weighted by Gasteiger charge is 2.44. The molecule has 1 atom stereocenters. The minimum atomic E-state index is -3.19. The summed E-state index contributed by atoms with van der Waals surface area (Å²) in [6.07, 6.45) is 1.59. The van der Waals surface area contributed by atoms with E-state index < -0.39 is 7.67 Å². The van der Waals surface area contributed by atoms with Crippen molar-refractivity contribution in [3.8, 4) is 5.75 Å². The summed E-state index contributed by atoms with van der Waals surface area (Å²) in [7, 11) is -3.19. The molecule has 0 amide bonds. The normalized spacial score (nSPS) is 21.3. The largest absolute Gasteiger partial charge is 0.449 e. The molecule has 3 rings (SSSR count). The monoisotopic (exact) mass is 300 g/mol. The van der Waals surface area contributed by atoms with Gasteiger partial charge in [0.15, 0.2) is 0 Å². The van der Waals surface area contributed by atoms with Gasteiger partial charge < -0.3 is 4.52 Å². The van der Waals surface area contributed by atoms with E-state index in [2.05, 4.69) is 6.58 Å². The van der Waals surface area contributed by atoms with Crippen LogP contribution in [-0.2, 0) is 4.57 Å².